The molecule has 1 aromatic rings. The van der Waals surface area contributed by atoms with E-state index in [2.05, 4.69) is 25.7 Å². The molecular weight excluding hydrogens is 345 g/mol. The fraction of sp³-hybridized carbons (Fsp3) is 0.727. The van der Waals surface area contributed by atoms with Crippen molar-refractivity contribution in [2.45, 2.75) is 58.1 Å². The minimum Gasteiger partial charge on any atom is -0.490 e. The molecule has 1 atom stereocenters. The van der Waals surface area contributed by atoms with E-state index in [0.29, 0.717) is 30.4 Å². The Morgan fingerprint density at radius 3 is 2.67 bits per heavy atom. The van der Waals surface area contributed by atoms with Gasteiger partial charge in [0.25, 0.3) is 0 Å². The molecule has 1 heterocycles. The molecule has 1 aliphatic carbocycles. The molecule has 1 aromatic carbocycles. The number of halogens is 1. The largest absolute Gasteiger partial charge is 0.490 e. The van der Waals surface area contributed by atoms with Crippen molar-refractivity contribution < 1.29 is 19.0 Å². The van der Waals surface area contributed by atoms with Gasteiger partial charge in [0.1, 0.15) is 23.8 Å². The first kappa shape index (κ1) is 20.6. The maximum absolute atomic E-state index is 13.3. The van der Waals surface area contributed by atoms with Crippen LogP contribution in [0.2, 0.25) is 0 Å². The Morgan fingerprint density at radius 2 is 2.00 bits per heavy atom. The molecule has 1 saturated carbocycles. The molecular formula is C22H34FNO3. The Hall–Kier alpha value is -1.17. The summed E-state index contributed by atoms with van der Waals surface area (Å²) in [4.78, 5) is 2.38. The molecule has 4 nitrogen and oxygen atoms in total. The number of benzene rings is 1. The number of hydrogen-bond donors (Lipinski definition) is 1. The second-order valence-corrected chi connectivity index (χ2v) is 9.36. The Balaban J connectivity index is 1.58. The molecule has 1 aliphatic heterocycles. The van der Waals surface area contributed by atoms with Crippen molar-refractivity contribution in [3.05, 3.63) is 30.1 Å². The van der Waals surface area contributed by atoms with E-state index in [1.165, 1.54) is 37.8 Å². The Labute approximate surface area is 162 Å². The first-order valence-corrected chi connectivity index (χ1v) is 10.2. The molecule has 0 bridgehead atoms. The zero-order valence-corrected chi connectivity index (χ0v) is 16.9. The minimum atomic E-state index is -1.08. The summed E-state index contributed by atoms with van der Waals surface area (Å²) in [5.41, 5.74) is -0.712. The summed E-state index contributed by atoms with van der Waals surface area (Å²) in [6, 6.07) is 6.53. The molecule has 2 aliphatic rings. The molecule has 0 amide bonds. The SMILES string of the molecule is CC(C)(C)C1CCC(N2CCOCC(O)(COc3cccc(F)c3)C2)CC1. The maximum atomic E-state index is 13.3. The summed E-state index contributed by atoms with van der Waals surface area (Å²) < 4.78 is 24.7. The number of aliphatic hydroxyl groups is 1. The van der Waals surface area contributed by atoms with E-state index in [-0.39, 0.29) is 19.0 Å². The first-order valence-electron chi connectivity index (χ1n) is 10.2. The van der Waals surface area contributed by atoms with Crippen molar-refractivity contribution in [2.75, 3.05) is 32.9 Å². The molecule has 5 heteroatoms. The molecule has 152 valence electrons. The van der Waals surface area contributed by atoms with Crippen LogP contribution in [-0.4, -0.2) is 54.6 Å². The van der Waals surface area contributed by atoms with E-state index < -0.39 is 5.60 Å². The lowest BCUT2D eigenvalue weighted by molar-refractivity contribution is -0.0691. The van der Waals surface area contributed by atoms with Crippen LogP contribution in [0, 0.1) is 17.2 Å². The zero-order chi connectivity index (χ0) is 19.5. The van der Waals surface area contributed by atoms with Crippen LogP contribution in [-0.2, 0) is 4.74 Å². The van der Waals surface area contributed by atoms with Crippen molar-refractivity contribution in [1.29, 1.82) is 0 Å². The van der Waals surface area contributed by atoms with Crippen LogP contribution in [0.1, 0.15) is 46.5 Å². The van der Waals surface area contributed by atoms with Crippen LogP contribution in [0.15, 0.2) is 24.3 Å². The van der Waals surface area contributed by atoms with Crippen LogP contribution in [0.3, 0.4) is 0 Å². The van der Waals surface area contributed by atoms with Gasteiger partial charge in [-0.05, 0) is 49.1 Å². The summed E-state index contributed by atoms with van der Waals surface area (Å²) in [5.74, 6) is 0.867. The van der Waals surface area contributed by atoms with Crippen molar-refractivity contribution in [2.24, 2.45) is 11.3 Å². The van der Waals surface area contributed by atoms with Gasteiger partial charge in [-0.25, -0.2) is 4.39 Å². The Morgan fingerprint density at radius 1 is 1.26 bits per heavy atom. The average molecular weight is 380 g/mol. The predicted molar refractivity (Wildman–Crippen MR) is 104 cm³/mol. The standard InChI is InChI=1S/C22H34FNO3/c1-21(2,3)17-7-9-19(10-8-17)24-11-12-26-15-22(25,14-24)16-27-20-6-4-5-18(23)13-20/h4-6,13,17,19,25H,7-12,14-16H2,1-3H3. The van der Waals surface area contributed by atoms with Gasteiger partial charge in [0.15, 0.2) is 0 Å². The normalized spacial score (nSPS) is 30.7. The van der Waals surface area contributed by atoms with Crippen molar-refractivity contribution in [3.8, 4) is 5.75 Å². The fourth-order valence-corrected chi connectivity index (χ4v) is 4.43. The second-order valence-electron chi connectivity index (χ2n) is 9.36. The van der Waals surface area contributed by atoms with Crippen molar-refractivity contribution in [1.82, 2.24) is 4.90 Å². The van der Waals surface area contributed by atoms with E-state index >= 15 is 0 Å². The van der Waals surface area contributed by atoms with Crippen molar-refractivity contribution in [3.63, 3.8) is 0 Å². The van der Waals surface area contributed by atoms with Gasteiger partial charge in [0.05, 0.1) is 13.2 Å². The van der Waals surface area contributed by atoms with E-state index in [0.717, 1.165) is 12.5 Å². The Kier molecular flexibility index (Phi) is 6.44. The maximum Gasteiger partial charge on any atom is 0.134 e. The van der Waals surface area contributed by atoms with Crippen LogP contribution in [0.5, 0.6) is 5.75 Å². The molecule has 27 heavy (non-hydrogen) atoms. The Bertz CT molecular complexity index is 610. The number of β-amino-alcohol motifs (C(OH)–C–C–N with tert-alkyl or cyclic N) is 1. The van der Waals surface area contributed by atoms with E-state index in [9.17, 15) is 9.50 Å². The number of hydrogen-bond acceptors (Lipinski definition) is 4. The number of nitrogens with zero attached hydrogens (tertiary/aromatic N) is 1. The van der Waals surface area contributed by atoms with E-state index in [1.807, 2.05) is 0 Å². The van der Waals surface area contributed by atoms with E-state index in [4.69, 9.17) is 9.47 Å². The number of ether oxygens (including phenoxy) is 2. The summed E-state index contributed by atoms with van der Waals surface area (Å²) in [5, 5.41) is 11.1. The lowest BCUT2D eigenvalue weighted by atomic mass is 9.71. The summed E-state index contributed by atoms with van der Waals surface area (Å²) in [6.45, 7) is 9.35. The quantitative estimate of drug-likeness (QED) is 0.862. The molecule has 1 saturated heterocycles. The summed E-state index contributed by atoms with van der Waals surface area (Å²) >= 11 is 0. The third-order valence-corrected chi connectivity index (χ3v) is 6.13. The van der Waals surface area contributed by atoms with Gasteiger partial charge >= 0.3 is 0 Å². The van der Waals surface area contributed by atoms with Crippen LogP contribution < -0.4 is 4.74 Å². The predicted octanol–water partition coefficient (Wildman–Crippen LogP) is 3.87. The highest BCUT2D eigenvalue weighted by Gasteiger charge is 2.38. The van der Waals surface area contributed by atoms with Gasteiger partial charge in [0, 0.05) is 25.2 Å². The second kappa shape index (κ2) is 8.46. The smallest absolute Gasteiger partial charge is 0.134 e. The van der Waals surface area contributed by atoms with Crippen LogP contribution in [0.4, 0.5) is 4.39 Å². The molecule has 0 radical (unpaired) electrons. The van der Waals surface area contributed by atoms with Crippen LogP contribution >= 0.6 is 0 Å². The van der Waals surface area contributed by atoms with Gasteiger partial charge in [-0.1, -0.05) is 26.8 Å². The summed E-state index contributed by atoms with van der Waals surface area (Å²) in [6.07, 6.45) is 4.82. The van der Waals surface area contributed by atoms with Gasteiger partial charge < -0.3 is 14.6 Å². The monoisotopic (exact) mass is 379 g/mol. The lowest BCUT2D eigenvalue weighted by Gasteiger charge is -2.42. The molecule has 0 spiro atoms. The molecule has 0 aromatic heterocycles. The van der Waals surface area contributed by atoms with Gasteiger partial charge in [-0.15, -0.1) is 0 Å². The molecule has 2 fully saturated rings. The average Bonchev–Trinajstić information content (AvgIpc) is 2.82. The highest BCUT2D eigenvalue weighted by atomic mass is 19.1. The van der Waals surface area contributed by atoms with Gasteiger partial charge in [-0.2, -0.15) is 0 Å². The lowest BCUT2D eigenvalue weighted by Crippen LogP contribution is -2.52. The van der Waals surface area contributed by atoms with Crippen molar-refractivity contribution >= 4 is 0 Å². The summed E-state index contributed by atoms with van der Waals surface area (Å²) in [7, 11) is 0. The van der Waals surface area contributed by atoms with Crippen LogP contribution in [0.25, 0.3) is 0 Å². The molecule has 3 rings (SSSR count). The molecule has 1 N–H and O–H groups in total. The van der Waals surface area contributed by atoms with Gasteiger partial charge in [-0.3, -0.25) is 4.90 Å². The minimum absolute atomic E-state index is 0.101. The highest BCUT2D eigenvalue weighted by Crippen LogP contribution is 2.39. The topological polar surface area (TPSA) is 41.9 Å². The third kappa shape index (κ3) is 5.66. The van der Waals surface area contributed by atoms with Gasteiger partial charge in [0.2, 0.25) is 0 Å². The molecule has 1 unspecified atom stereocenters. The highest BCUT2D eigenvalue weighted by molar-refractivity contribution is 5.22. The first-order chi connectivity index (χ1) is 12.8. The van der Waals surface area contributed by atoms with E-state index in [1.54, 1.807) is 12.1 Å². The number of rotatable bonds is 4. The fourth-order valence-electron chi connectivity index (χ4n) is 4.43. The zero-order valence-electron chi connectivity index (χ0n) is 16.9. The third-order valence-electron chi connectivity index (χ3n) is 6.13.